The van der Waals surface area contributed by atoms with Crippen molar-refractivity contribution in [3.05, 3.63) is 60.8 Å². The number of hydrogen-bond donors (Lipinski definition) is 1. The van der Waals surface area contributed by atoms with Crippen molar-refractivity contribution in [2.24, 2.45) is 0 Å². The van der Waals surface area contributed by atoms with Crippen LogP contribution < -0.4 is 5.32 Å². The van der Waals surface area contributed by atoms with E-state index in [9.17, 15) is 4.39 Å². The van der Waals surface area contributed by atoms with Crippen LogP contribution in [0.4, 0.5) is 10.3 Å². The van der Waals surface area contributed by atoms with Crippen LogP contribution in [0.5, 0.6) is 0 Å². The zero-order valence-electron chi connectivity index (χ0n) is 15.7. The molecule has 4 rings (SSSR count). The second-order valence-corrected chi connectivity index (χ2v) is 6.67. The molecular formula is C21H22FN5O. The molecule has 0 amide bonds. The van der Waals surface area contributed by atoms with Crippen LogP contribution in [0.15, 0.2) is 55.0 Å². The van der Waals surface area contributed by atoms with Gasteiger partial charge in [0.05, 0.1) is 25.1 Å². The van der Waals surface area contributed by atoms with Crippen LogP contribution in [-0.4, -0.2) is 52.3 Å². The Labute approximate surface area is 163 Å². The number of ether oxygens (including phenoxy) is 1. The van der Waals surface area contributed by atoms with Crippen LogP contribution >= 0.6 is 0 Å². The molecule has 28 heavy (non-hydrogen) atoms. The number of pyridine rings is 1. The van der Waals surface area contributed by atoms with E-state index in [0.29, 0.717) is 5.95 Å². The molecule has 1 saturated heterocycles. The summed E-state index contributed by atoms with van der Waals surface area (Å²) in [4.78, 5) is 15.7. The normalized spacial score (nSPS) is 15.9. The number of aromatic nitrogens is 3. The molecule has 1 aliphatic rings. The average Bonchev–Trinajstić information content (AvgIpc) is 2.76. The highest BCUT2D eigenvalue weighted by Crippen LogP contribution is 2.30. The van der Waals surface area contributed by atoms with Crippen molar-refractivity contribution in [2.75, 3.05) is 31.6 Å². The topological polar surface area (TPSA) is 63.2 Å². The molecule has 1 aromatic carbocycles. The number of rotatable bonds is 5. The van der Waals surface area contributed by atoms with Gasteiger partial charge in [-0.05, 0) is 36.8 Å². The van der Waals surface area contributed by atoms with Crippen LogP contribution in [0.1, 0.15) is 6.92 Å². The number of nitrogens with zero attached hydrogens (tertiary/aromatic N) is 4. The van der Waals surface area contributed by atoms with E-state index in [2.05, 4.69) is 27.1 Å². The second kappa shape index (κ2) is 8.41. The molecule has 1 N–H and O–H groups in total. The predicted octanol–water partition coefficient (Wildman–Crippen LogP) is 3.43. The van der Waals surface area contributed by atoms with Crippen molar-refractivity contribution in [3.8, 4) is 22.4 Å². The van der Waals surface area contributed by atoms with Crippen LogP contribution in [0.25, 0.3) is 22.4 Å². The summed E-state index contributed by atoms with van der Waals surface area (Å²) in [5, 5.41) is 3.38. The van der Waals surface area contributed by atoms with Gasteiger partial charge in [0, 0.05) is 42.8 Å². The number of benzene rings is 1. The van der Waals surface area contributed by atoms with E-state index in [1.807, 2.05) is 12.1 Å². The SMILES string of the molecule is CC(Nc1ncc(-c2ccc(F)cc2)c(-c2ccncc2)n1)N1CCOCC1. The third kappa shape index (κ3) is 4.16. The number of halogens is 1. The first-order chi connectivity index (χ1) is 13.7. The second-order valence-electron chi connectivity index (χ2n) is 6.67. The van der Waals surface area contributed by atoms with Gasteiger partial charge in [-0.1, -0.05) is 12.1 Å². The maximum Gasteiger partial charge on any atom is 0.224 e. The van der Waals surface area contributed by atoms with Gasteiger partial charge in [-0.2, -0.15) is 0 Å². The van der Waals surface area contributed by atoms with Gasteiger partial charge in [-0.3, -0.25) is 9.88 Å². The Hall–Kier alpha value is -2.90. The summed E-state index contributed by atoms with van der Waals surface area (Å²) < 4.78 is 18.8. The smallest absolute Gasteiger partial charge is 0.224 e. The molecule has 1 atom stereocenters. The number of hydrogen-bond acceptors (Lipinski definition) is 6. The summed E-state index contributed by atoms with van der Waals surface area (Å²) >= 11 is 0. The first-order valence-corrected chi connectivity index (χ1v) is 9.32. The fourth-order valence-electron chi connectivity index (χ4n) is 3.26. The summed E-state index contributed by atoms with van der Waals surface area (Å²) in [6.07, 6.45) is 5.33. The van der Waals surface area contributed by atoms with Gasteiger partial charge in [-0.15, -0.1) is 0 Å². The molecule has 3 aromatic rings. The van der Waals surface area contributed by atoms with E-state index in [4.69, 9.17) is 9.72 Å². The van der Waals surface area contributed by atoms with Crippen molar-refractivity contribution in [2.45, 2.75) is 13.1 Å². The van der Waals surface area contributed by atoms with Gasteiger partial charge in [-0.25, -0.2) is 14.4 Å². The molecule has 0 radical (unpaired) electrons. The third-order valence-electron chi connectivity index (χ3n) is 4.83. The maximum absolute atomic E-state index is 13.3. The lowest BCUT2D eigenvalue weighted by atomic mass is 10.0. The summed E-state index contributed by atoms with van der Waals surface area (Å²) in [5.41, 5.74) is 3.41. The molecule has 0 spiro atoms. The minimum Gasteiger partial charge on any atom is -0.379 e. The van der Waals surface area contributed by atoms with E-state index >= 15 is 0 Å². The van der Waals surface area contributed by atoms with Crippen molar-refractivity contribution < 1.29 is 9.13 Å². The Balaban J connectivity index is 1.67. The molecule has 6 nitrogen and oxygen atoms in total. The molecule has 144 valence electrons. The van der Waals surface area contributed by atoms with Crippen LogP contribution in [0, 0.1) is 5.82 Å². The Bertz CT molecular complexity index is 914. The summed E-state index contributed by atoms with van der Waals surface area (Å²) in [6, 6.07) is 10.2. The van der Waals surface area contributed by atoms with E-state index in [1.165, 1.54) is 12.1 Å². The van der Waals surface area contributed by atoms with E-state index in [-0.39, 0.29) is 12.0 Å². The standard InChI is InChI=1S/C21H22FN5O/c1-15(27-10-12-28-13-11-27)25-21-24-14-19(16-2-4-18(22)5-3-16)20(26-21)17-6-8-23-9-7-17/h2-9,14-15H,10-13H2,1H3,(H,24,25,26). The summed E-state index contributed by atoms with van der Waals surface area (Å²) in [5.74, 6) is 0.282. The van der Waals surface area contributed by atoms with Gasteiger partial charge in [0.1, 0.15) is 5.82 Å². The minimum atomic E-state index is -0.271. The molecule has 1 fully saturated rings. The van der Waals surface area contributed by atoms with Crippen molar-refractivity contribution in [3.63, 3.8) is 0 Å². The van der Waals surface area contributed by atoms with E-state index < -0.39 is 0 Å². The molecule has 0 aliphatic carbocycles. The molecule has 2 aromatic heterocycles. The molecule has 0 saturated carbocycles. The summed E-state index contributed by atoms with van der Waals surface area (Å²) in [6.45, 7) is 5.31. The first kappa shape index (κ1) is 18.5. The fraction of sp³-hybridized carbons (Fsp3) is 0.286. The largest absolute Gasteiger partial charge is 0.379 e. The molecule has 3 heterocycles. The van der Waals surface area contributed by atoms with Crippen molar-refractivity contribution >= 4 is 5.95 Å². The van der Waals surface area contributed by atoms with Crippen LogP contribution in [-0.2, 0) is 4.74 Å². The highest BCUT2D eigenvalue weighted by molar-refractivity contribution is 5.80. The lowest BCUT2D eigenvalue weighted by molar-refractivity contribution is 0.0253. The van der Waals surface area contributed by atoms with E-state index in [0.717, 1.165) is 48.7 Å². The minimum absolute atomic E-state index is 0.0888. The van der Waals surface area contributed by atoms with Gasteiger partial charge >= 0.3 is 0 Å². The van der Waals surface area contributed by atoms with Crippen LogP contribution in [0.3, 0.4) is 0 Å². The van der Waals surface area contributed by atoms with E-state index in [1.54, 1.807) is 30.7 Å². The zero-order valence-corrected chi connectivity index (χ0v) is 15.7. The molecule has 7 heteroatoms. The quantitative estimate of drug-likeness (QED) is 0.733. The van der Waals surface area contributed by atoms with Crippen LogP contribution in [0.2, 0.25) is 0 Å². The Morgan fingerprint density at radius 1 is 1.04 bits per heavy atom. The average molecular weight is 379 g/mol. The monoisotopic (exact) mass is 379 g/mol. The fourth-order valence-corrected chi connectivity index (χ4v) is 3.26. The molecule has 1 aliphatic heterocycles. The number of morpholine rings is 1. The number of anilines is 1. The highest BCUT2D eigenvalue weighted by atomic mass is 19.1. The zero-order chi connectivity index (χ0) is 19.3. The Morgan fingerprint density at radius 2 is 1.75 bits per heavy atom. The maximum atomic E-state index is 13.3. The van der Waals surface area contributed by atoms with Gasteiger partial charge in [0.15, 0.2) is 0 Å². The van der Waals surface area contributed by atoms with Crippen molar-refractivity contribution in [1.82, 2.24) is 19.9 Å². The number of nitrogens with one attached hydrogen (secondary N) is 1. The third-order valence-corrected chi connectivity index (χ3v) is 4.83. The first-order valence-electron chi connectivity index (χ1n) is 9.32. The highest BCUT2D eigenvalue weighted by Gasteiger charge is 2.18. The predicted molar refractivity (Wildman–Crippen MR) is 106 cm³/mol. The summed E-state index contributed by atoms with van der Waals surface area (Å²) in [7, 11) is 0. The van der Waals surface area contributed by atoms with Gasteiger partial charge < -0.3 is 10.1 Å². The van der Waals surface area contributed by atoms with Crippen molar-refractivity contribution in [1.29, 1.82) is 0 Å². The Morgan fingerprint density at radius 3 is 2.46 bits per heavy atom. The Kier molecular flexibility index (Phi) is 5.55. The van der Waals surface area contributed by atoms with Gasteiger partial charge in [0.25, 0.3) is 0 Å². The van der Waals surface area contributed by atoms with Gasteiger partial charge in [0.2, 0.25) is 5.95 Å². The molecular weight excluding hydrogens is 357 g/mol. The lowest BCUT2D eigenvalue weighted by Gasteiger charge is -2.32. The lowest BCUT2D eigenvalue weighted by Crippen LogP contribution is -2.45. The molecule has 0 bridgehead atoms. The molecule has 1 unspecified atom stereocenters.